The molecule has 1 heterocycles. The third-order valence-corrected chi connectivity index (χ3v) is 3.87. The van der Waals surface area contributed by atoms with Crippen LogP contribution in [0.25, 0.3) is 0 Å². The summed E-state index contributed by atoms with van der Waals surface area (Å²) in [6.45, 7) is 1.94. The Morgan fingerprint density at radius 2 is 1.95 bits per heavy atom. The molecule has 1 unspecified atom stereocenters. The van der Waals surface area contributed by atoms with Crippen LogP contribution < -0.4 is 5.32 Å². The average Bonchev–Trinajstić information content (AvgIpc) is 2.39. The van der Waals surface area contributed by atoms with E-state index in [1.54, 1.807) is 18.3 Å². The molecule has 2 rings (SSSR count). The van der Waals surface area contributed by atoms with Crippen LogP contribution >= 0.6 is 31.9 Å². The van der Waals surface area contributed by atoms with Crippen LogP contribution in [-0.2, 0) is 0 Å². The number of hydrogen-bond acceptors (Lipinski definition) is 2. The fourth-order valence-corrected chi connectivity index (χ4v) is 2.55. The van der Waals surface area contributed by atoms with E-state index in [0.717, 1.165) is 14.5 Å². The van der Waals surface area contributed by atoms with E-state index in [9.17, 15) is 4.79 Å². The van der Waals surface area contributed by atoms with Crippen LogP contribution in [0.5, 0.6) is 0 Å². The molecular formula is C14H12Br2N2O. The van der Waals surface area contributed by atoms with E-state index < -0.39 is 0 Å². The van der Waals surface area contributed by atoms with Crippen LogP contribution in [0, 0.1) is 0 Å². The van der Waals surface area contributed by atoms with Crippen LogP contribution in [0.4, 0.5) is 0 Å². The minimum Gasteiger partial charge on any atom is -0.344 e. The highest BCUT2D eigenvalue weighted by atomic mass is 79.9. The maximum atomic E-state index is 12.0. The SMILES string of the molecule is CC(NC(=O)c1ccc(Br)cn1)c1ccccc1Br. The molecule has 3 nitrogen and oxygen atoms in total. The molecule has 0 aliphatic heterocycles. The van der Waals surface area contributed by atoms with Gasteiger partial charge >= 0.3 is 0 Å². The lowest BCUT2D eigenvalue weighted by Crippen LogP contribution is -2.27. The molecule has 0 bridgehead atoms. The Bertz CT molecular complexity index is 584. The lowest BCUT2D eigenvalue weighted by Gasteiger charge is -2.15. The number of benzene rings is 1. The van der Waals surface area contributed by atoms with Gasteiger partial charge in [-0.1, -0.05) is 34.1 Å². The van der Waals surface area contributed by atoms with Crippen molar-refractivity contribution in [3.63, 3.8) is 0 Å². The van der Waals surface area contributed by atoms with Gasteiger partial charge in [0.05, 0.1) is 6.04 Å². The monoisotopic (exact) mass is 382 g/mol. The first-order valence-electron chi connectivity index (χ1n) is 5.75. The maximum Gasteiger partial charge on any atom is 0.270 e. The zero-order valence-electron chi connectivity index (χ0n) is 10.2. The molecule has 98 valence electrons. The molecule has 5 heteroatoms. The van der Waals surface area contributed by atoms with Crippen molar-refractivity contribution < 1.29 is 4.79 Å². The van der Waals surface area contributed by atoms with Gasteiger partial charge < -0.3 is 5.32 Å². The number of aromatic nitrogens is 1. The van der Waals surface area contributed by atoms with E-state index in [1.807, 2.05) is 31.2 Å². The van der Waals surface area contributed by atoms with Gasteiger partial charge in [-0.15, -0.1) is 0 Å². The summed E-state index contributed by atoms with van der Waals surface area (Å²) in [5.41, 5.74) is 1.44. The second-order valence-corrected chi connectivity index (χ2v) is 5.85. The van der Waals surface area contributed by atoms with Crippen molar-refractivity contribution in [1.29, 1.82) is 0 Å². The van der Waals surface area contributed by atoms with E-state index >= 15 is 0 Å². The number of pyridine rings is 1. The fraction of sp³-hybridized carbons (Fsp3) is 0.143. The predicted octanol–water partition coefficient (Wildman–Crippen LogP) is 4.10. The highest BCUT2D eigenvalue weighted by molar-refractivity contribution is 9.10. The van der Waals surface area contributed by atoms with Crippen molar-refractivity contribution in [2.45, 2.75) is 13.0 Å². The minimum atomic E-state index is -0.184. The predicted molar refractivity (Wildman–Crippen MR) is 82.0 cm³/mol. The largest absolute Gasteiger partial charge is 0.344 e. The molecule has 0 saturated heterocycles. The van der Waals surface area contributed by atoms with Gasteiger partial charge in [0.1, 0.15) is 5.69 Å². The van der Waals surface area contributed by atoms with Gasteiger partial charge in [0.2, 0.25) is 0 Å². The second kappa shape index (κ2) is 6.30. The summed E-state index contributed by atoms with van der Waals surface area (Å²) in [5, 5.41) is 2.93. The number of amides is 1. The fourth-order valence-electron chi connectivity index (χ4n) is 1.68. The number of carbonyl (C=O) groups excluding carboxylic acids is 1. The Labute approximate surface area is 128 Å². The zero-order chi connectivity index (χ0) is 13.8. The van der Waals surface area contributed by atoms with Crippen molar-refractivity contribution in [1.82, 2.24) is 10.3 Å². The van der Waals surface area contributed by atoms with Crippen molar-refractivity contribution in [2.75, 3.05) is 0 Å². The van der Waals surface area contributed by atoms with Gasteiger partial charge in [-0.05, 0) is 46.6 Å². The second-order valence-electron chi connectivity index (χ2n) is 4.08. The number of hydrogen-bond donors (Lipinski definition) is 1. The number of halogens is 2. The Hall–Kier alpha value is -1.20. The smallest absolute Gasteiger partial charge is 0.270 e. The van der Waals surface area contributed by atoms with Gasteiger partial charge in [-0.2, -0.15) is 0 Å². The number of nitrogens with one attached hydrogen (secondary N) is 1. The van der Waals surface area contributed by atoms with Gasteiger partial charge in [0.25, 0.3) is 5.91 Å². The molecule has 1 aromatic heterocycles. The lowest BCUT2D eigenvalue weighted by molar-refractivity contribution is 0.0934. The molecule has 0 fully saturated rings. The third kappa shape index (κ3) is 3.64. The van der Waals surface area contributed by atoms with E-state index in [1.165, 1.54) is 0 Å². The molecule has 0 aliphatic rings. The number of nitrogens with zero attached hydrogens (tertiary/aromatic N) is 1. The van der Waals surface area contributed by atoms with Crippen molar-refractivity contribution in [2.24, 2.45) is 0 Å². The standard InChI is InChI=1S/C14H12Br2N2O/c1-9(11-4-2-3-5-12(11)16)18-14(19)13-7-6-10(15)8-17-13/h2-9H,1H3,(H,18,19). The molecule has 0 aliphatic carbocycles. The highest BCUT2D eigenvalue weighted by Gasteiger charge is 2.14. The lowest BCUT2D eigenvalue weighted by atomic mass is 10.1. The van der Waals surface area contributed by atoms with Crippen LogP contribution in [0.3, 0.4) is 0 Å². The molecule has 1 N–H and O–H groups in total. The molecule has 0 saturated carbocycles. The number of carbonyl (C=O) groups is 1. The number of rotatable bonds is 3. The van der Waals surface area contributed by atoms with E-state index in [2.05, 4.69) is 42.2 Å². The van der Waals surface area contributed by atoms with Crippen molar-refractivity contribution in [3.8, 4) is 0 Å². The first kappa shape index (κ1) is 14.2. The van der Waals surface area contributed by atoms with Gasteiger partial charge in [-0.25, -0.2) is 4.98 Å². The van der Waals surface area contributed by atoms with Crippen LogP contribution in [0.1, 0.15) is 29.0 Å². The van der Waals surface area contributed by atoms with Crippen molar-refractivity contribution in [3.05, 3.63) is 62.8 Å². The highest BCUT2D eigenvalue weighted by Crippen LogP contribution is 2.22. The summed E-state index contributed by atoms with van der Waals surface area (Å²) >= 11 is 6.77. The Kier molecular flexibility index (Phi) is 4.71. The topological polar surface area (TPSA) is 42.0 Å². The molecular weight excluding hydrogens is 372 g/mol. The zero-order valence-corrected chi connectivity index (χ0v) is 13.4. The van der Waals surface area contributed by atoms with E-state index in [-0.39, 0.29) is 11.9 Å². The van der Waals surface area contributed by atoms with Crippen molar-refractivity contribution >= 4 is 37.8 Å². The Balaban J connectivity index is 2.11. The maximum absolute atomic E-state index is 12.0. The van der Waals surface area contributed by atoms with Gasteiger partial charge in [0.15, 0.2) is 0 Å². The molecule has 1 aromatic carbocycles. The first-order valence-corrected chi connectivity index (χ1v) is 7.33. The third-order valence-electron chi connectivity index (χ3n) is 2.68. The summed E-state index contributed by atoms with van der Waals surface area (Å²) in [6.07, 6.45) is 1.61. The molecule has 1 atom stereocenters. The van der Waals surface area contributed by atoms with Crippen LogP contribution in [0.2, 0.25) is 0 Å². The van der Waals surface area contributed by atoms with Crippen LogP contribution in [-0.4, -0.2) is 10.9 Å². The minimum absolute atomic E-state index is 0.0893. The summed E-state index contributed by atoms with van der Waals surface area (Å²) in [7, 11) is 0. The summed E-state index contributed by atoms with van der Waals surface area (Å²) in [6, 6.07) is 11.2. The Morgan fingerprint density at radius 3 is 2.58 bits per heavy atom. The summed E-state index contributed by atoms with van der Waals surface area (Å²) < 4.78 is 1.83. The molecule has 19 heavy (non-hydrogen) atoms. The molecule has 1 amide bonds. The Morgan fingerprint density at radius 1 is 1.21 bits per heavy atom. The molecule has 0 spiro atoms. The molecule has 2 aromatic rings. The van der Waals surface area contributed by atoms with E-state index in [0.29, 0.717) is 5.69 Å². The average molecular weight is 384 g/mol. The summed E-state index contributed by atoms with van der Waals surface area (Å²) in [5.74, 6) is -0.184. The van der Waals surface area contributed by atoms with E-state index in [4.69, 9.17) is 0 Å². The van der Waals surface area contributed by atoms with Gasteiger partial charge in [0, 0.05) is 15.1 Å². The van der Waals surface area contributed by atoms with Gasteiger partial charge in [-0.3, -0.25) is 4.79 Å². The summed E-state index contributed by atoms with van der Waals surface area (Å²) in [4.78, 5) is 16.1. The first-order chi connectivity index (χ1) is 9.08. The quantitative estimate of drug-likeness (QED) is 0.866. The van der Waals surface area contributed by atoms with Crippen LogP contribution in [0.15, 0.2) is 51.5 Å². The normalized spacial score (nSPS) is 11.9. The molecule has 0 radical (unpaired) electrons.